The summed E-state index contributed by atoms with van der Waals surface area (Å²) < 4.78 is 4.94. The quantitative estimate of drug-likeness (QED) is 0.829. The standard InChI is InChI=1S/C14H19N3O2/c1-3-19-13(18)12-6-4-11(5-7-12)10-16-14-15-8-9-17(14)2/h4-7H,3,8-10H2,1-2H3,(H,15,16). The molecule has 1 aliphatic heterocycles. The van der Waals surface area contributed by atoms with Gasteiger partial charge >= 0.3 is 5.97 Å². The molecule has 5 heteroatoms. The smallest absolute Gasteiger partial charge is 0.338 e. The van der Waals surface area contributed by atoms with Crippen molar-refractivity contribution in [1.29, 1.82) is 0 Å². The van der Waals surface area contributed by atoms with E-state index in [0.717, 1.165) is 24.6 Å². The normalized spacial score (nSPS) is 14.2. The third-order valence-corrected chi connectivity index (χ3v) is 2.97. The van der Waals surface area contributed by atoms with Gasteiger partial charge in [0.15, 0.2) is 5.96 Å². The second-order valence-electron chi connectivity index (χ2n) is 4.40. The second kappa shape index (κ2) is 6.22. The Morgan fingerprint density at radius 2 is 2.16 bits per heavy atom. The molecule has 0 radical (unpaired) electrons. The number of carbonyl (C=O) groups is 1. The Kier molecular flexibility index (Phi) is 4.39. The Balaban J connectivity index is 1.90. The molecule has 0 bridgehead atoms. The molecule has 102 valence electrons. The van der Waals surface area contributed by atoms with Gasteiger partial charge in [-0.1, -0.05) is 12.1 Å². The van der Waals surface area contributed by atoms with Gasteiger partial charge in [0.2, 0.25) is 0 Å². The molecule has 1 heterocycles. The molecular weight excluding hydrogens is 242 g/mol. The number of rotatable bonds is 4. The molecule has 0 amide bonds. The highest BCUT2D eigenvalue weighted by Gasteiger charge is 2.11. The topological polar surface area (TPSA) is 53.9 Å². The van der Waals surface area contributed by atoms with Gasteiger partial charge in [-0.25, -0.2) is 4.79 Å². The van der Waals surface area contributed by atoms with E-state index in [1.807, 2.05) is 19.2 Å². The lowest BCUT2D eigenvalue weighted by molar-refractivity contribution is 0.0526. The van der Waals surface area contributed by atoms with Crippen molar-refractivity contribution in [2.75, 3.05) is 26.7 Å². The number of nitrogens with one attached hydrogen (secondary N) is 1. The van der Waals surface area contributed by atoms with Gasteiger partial charge in [-0.3, -0.25) is 4.99 Å². The van der Waals surface area contributed by atoms with Crippen LogP contribution in [0.2, 0.25) is 0 Å². The summed E-state index contributed by atoms with van der Waals surface area (Å²) in [5.74, 6) is 0.649. The second-order valence-corrected chi connectivity index (χ2v) is 4.40. The highest BCUT2D eigenvalue weighted by Crippen LogP contribution is 2.06. The summed E-state index contributed by atoms with van der Waals surface area (Å²) in [6.07, 6.45) is 0. The number of hydrogen-bond donors (Lipinski definition) is 1. The third-order valence-electron chi connectivity index (χ3n) is 2.97. The summed E-state index contributed by atoms with van der Waals surface area (Å²) in [4.78, 5) is 18.0. The molecule has 1 aliphatic rings. The maximum atomic E-state index is 11.5. The van der Waals surface area contributed by atoms with Gasteiger partial charge in [-0.05, 0) is 24.6 Å². The van der Waals surface area contributed by atoms with E-state index in [2.05, 4.69) is 15.2 Å². The Bertz CT molecular complexity index is 468. The van der Waals surface area contributed by atoms with Crippen LogP contribution in [0.25, 0.3) is 0 Å². The lowest BCUT2D eigenvalue weighted by Crippen LogP contribution is -2.35. The lowest BCUT2D eigenvalue weighted by Gasteiger charge is -2.15. The Morgan fingerprint density at radius 1 is 1.42 bits per heavy atom. The number of benzene rings is 1. The van der Waals surface area contributed by atoms with Crippen molar-refractivity contribution in [2.45, 2.75) is 13.5 Å². The fourth-order valence-corrected chi connectivity index (χ4v) is 1.88. The Labute approximate surface area is 113 Å². The van der Waals surface area contributed by atoms with Crippen molar-refractivity contribution in [3.8, 4) is 0 Å². The van der Waals surface area contributed by atoms with E-state index in [9.17, 15) is 4.79 Å². The van der Waals surface area contributed by atoms with E-state index >= 15 is 0 Å². The number of esters is 1. The van der Waals surface area contributed by atoms with Crippen LogP contribution in [0.1, 0.15) is 22.8 Å². The van der Waals surface area contributed by atoms with Crippen LogP contribution in [-0.2, 0) is 11.3 Å². The van der Waals surface area contributed by atoms with E-state index in [1.165, 1.54) is 0 Å². The van der Waals surface area contributed by atoms with Crippen LogP contribution in [0, 0.1) is 0 Å². The maximum absolute atomic E-state index is 11.5. The molecule has 2 rings (SSSR count). The molecule has 0 spiro atoms. The minimum absolute atomic E-state index is 0.276. The van der Waals surface area contributed by atoms with E-state index in [-0.39, 0.29) is 5.97 Å². The van der Waals surface area contributed by atoms with Gasteiger partial charge in [-0.15, -0.1) is 0 Å². The van der Waals surface area contributed by atoms with Crippen LogP contribution in [0.5, 0.6) is 0 Å². The fraction of sp³-hybridized carbons (Fsp3) is 0.429. The van der Waals surface area contributed by atoms with Gasteiger partial charge in [0.25, 0.3) is 0 Å². The lowest BCUT2D eigenvalue weighted by atomic mass is 10.1. The molecule has 0 atom stereocenters. The predicted octanol–water partition coefficient (Wildman–Crippen LogP) is 1.25. The number of ether oxygens (including phenoxy) is 1. The molecule has 1 aromatic carbocycles. The average Bonchev–Trinajstić information content (AvgIpc) is 2.83. The minimum Gasteiger partial charge on any atom is -0.462 e. The van der Waals surface area contributed by atoms with Crippen molar-refractivity contribution in [3.63, 3.8) is 0 Å². The van der Waals surface area contributed by atoms with Crippen LogP contribution >= 0.6 is 0 Å². The summed E-state index contributed by atoms with van der Waals surface area (Å²) in [7, 11) is 2.02. The molecule has 5 nitrogen and oxygen atoms in total. The predicted molar refractivity (Wildman–Crippen MR) is 74.2 cm³/mol. The highest BCUT2D eigenvalue weighted by atomic mass is 16.5. The van der Waals surface area contributed by atoms with Crippen molar-refractivity contribution >= 4 is 11.9 Å². The number of hydrogen-bond acceptors (Lipinski definition) is 5. The first kappa shape index (κ1) is 13.4. The number of likely N-dealkylation sites (N-methyl/N-ethyl adjacent to an activating group) is 1. The van der Waals surface area contributed by atoms with E-state index in [0.29, 0.717) is 18.7 Å². The largest absolute Gasteiger partial charge is 0.462 e. The zero-order valence-electron chi connectivity index (χ0n) is 11.3. The monoisotopic (exact) mass is 261 g/mol. The van der Waals surface area contributed by atoms with E-state index < -0.39 is 0 Å². The summed E-state index contributed by atoms with van der Waals surface area (Å²) >= 11 is 0. The first-order valence-electron chi connectivity index (χ1n) is 6.46. The maximum Gasteiger partial charge on any atom is 0.338 e. The van der Waals surface area contributed by atoms with Crippen LogP contribution in [0.3, 0.4) is 0 Å². The molecule has 0 saturated carbocycles. The van der Waals surface area contributed by atoms with Crippen molar-refractivity contribution in [2.24, 2.45) is 4.99 Å². The van der Waals surface area contributed by atoms with Crippen LogP contribution in [-0.4, -0.2) is 43.6 Å². The van der Waals surface area contributed by atoms with Crippen LogP contribution in [0.4, 0.5) is 0 Å². The molecular formula is C14H19N3O2. The van der Waals surface area contributed by atoms with Gasteiger partial charge < -0.3 is 15.0 Å². The number of guanidine groups is 1. The summed E-state index contributed by atoms with van der Waals surface area (Å²) in [5, 5.41) is 3.28. The number of aliphatic imine (C=N–C) groups is 1. The first-order valence-corrected chi connectivity index (χ1v) is 6.46. The van der Waals surface area contributed by atoms with Crippen molar-refractivity contribution in [1.82, 2.24) is 10.2 Å². The molecule has 1 N–H and O–H groups in total. The highest BCUT2D eigenvalue weighted by molar-refractivity contribution is 5.89. The molecule has 1 aromatic rings. The van der Waals surface area contributed by atoms with Gasteiger partial charge in [0, 0.05) is 20.1 Å². The van der Waals surface area contributed by atoms with Crippen LogP contribution in [0.15, 0.2) is 29.3 Å². The van der Waals surface area contributed by atoms with Gasteiger partial charge in [0.05, 0.1) is 18.7 Å². The minimum atomic E-state index is -0.276. The number of carbonyl (C=O) groups excluding carboxylic acids is 1. The molecule has 0 saturated heterocycles. The fourth-order valence-electron chi connectivity index (χ4n) is 1.88. The summed E-state index contributed by atoms with van der Waals surface area (Å²) in [5.41, 5.74) is 1.69. The van der Waals surface area contributed by atoms with Crippen molar-refractivity contribution < 1.29 is 9.53 Å². The summed E-state index contributed by atoms with van der Waals surface area (Å²) in [6.45, 7) is 4.71. The Morgan fingerprint density at radius 3 is 2.74 bits per heavy atom. The molecule has 0 aromatic heterocycles. The molecule has 0 fully saturated rings. The SMILES string of the molecule is CCOC(=O)c1ccc(CNC2=NCCN2C)cc1. The molecule has 0 unspecified atom stereocenters. The number of nitrogens with zero attached hydrogens (tertiary/aromatic N) is 2. The molecule has 19 heavy (non-hydrogen) atoms. The van der Waals surface area contributed by atoms with Gasteiger partial charge in [-0.2, -0.15) is 0 Å². The van der Waals surface area contributed by atoms with Crippen molar-refractivity contribution in [3.05, 3.63) is 35.4 Å². The van der Waals surface area contributed by atoms with E-state index in [1.54, 1.807) is 19.1 Å². The first-order chi connectivity index (χ1) is 9.20. The Hall–Kier alpha value is -2.04. The summed E-state index contributed by atoms with van der Waals surface area (Å²) in [6, 6.07) is 7.42. The van der Waals surface area contributed by atoms with Gasteiger partial charge in [0.1, 0.15) is 0 Å². The van der Waals surface area contributed by atoms with Crippen LogP contribution < -0.4 is 5.32 Å². The molecule has 0 aliphatic carbocycles. The zero-order valence-corrected chi connectivity index (χ0v) is 11.3. The zero-order chi connectivity index (χ0) is 13.7. The average molecular weight is 261 g/mol. The third kappa shape index (κ3) is 3.47. The van der Waals surface area contributed by atoms with E-state index in [4.69, 9.17) is 4.74 Å².